The zero-order valence-electron chi connectivity index (χ0n) is 11.4. The molecular weight excluding hydrogens is 330 g/mol. The molecule has 1 heterocycles. The summed E-state index contributed by atoms with van der Waals surface area (Å²) >= 11 is 7.29. The van der Waals surface area contributed by atoms with Crippen molar-refractivity contribution in [1.29, 1.82) is 0 Å². The molecule has 0 saturated heterocycles. The fourth-order valence-corrected chi connectivity index (χ4v) is 3.62. The van der Waals surface area contributed by atoms with Crippen LogP contribution < -0.4 is 5.73 Å². The molecule has 0 saturated carbocycles. The maximum Gasteiger partial charge on any atom is 0.242 e. The van der Waals surface area contributed by atoms with E-state index in [4.69, 9.17) is 17.3 Å². The molecule has 0 amide bonds. The lowest BCUT2D eigenvalue weighted by molar-refractivity contribution is 0.520. The Labute approximate surface area is 133 Å². The molecule has 0 bridgehead atoms. The molecule has 2 N–H and O–H groups in total. The molecule has 0 fully saturated rings. The number of nitrogens with zero attached hydrogens (tertiary/aromatic N) is 2. The maximum absolute atomic E-state index is 12.1. The molecule has 21 heavy (non-hydrogen) atoms. The highest BCUT2D eigenvalue weighted by molar-refractivity contribution is 7.99. The molecule has 1 aromatic heterocycles. The predicted octanol–water partition coefficient (Wildman–Crippen LogP) is 2.72. The molecular formula is C13H14ClN3O2S2. The van der Waals surface area contributed by atoms with E-state index in [1.54, 1.807) is 24.4 Å². The Balaban J connectivity index is 2.44. The van der Waals surface area contributed by atoms with Crippen LogP contribution in [-0.2, 0) is 10.0 Å². The minimum absolute atomic E-state index is 0.177. The molecule has 0 spiro atoms. The van der Waals surface area contributed by atoms with Crippen molar-refractivity contribution < 1.29 is 8.42 Å². The van der Waals surface area contributed by atoms with Crippen molar-refractivity contribution in [3.8, 4) is 0 Å². The van der Waals surface area contributed by atoms with Crippen LogP contribution in [0.4, 0.5) is 5.69 Å². The Morgan fingerprint density at radius 1 is 1.29 bits per heavy atom. The van der Waals surface area contributed by atoms with Gasteiger partial charge in [0.05, 0.1) is 9.92 Å². The Hall–Kier alpha value is -1.28. The number of benzene rings is 1. The highest BCUT2D eigenvalue weighted by Gasteiger charge is 2.19. The van der Waals surface area contributed by atoms with Gasteiger partial charge in [0.25, 0.3) is 0 Å². The van der Waals surface area contributed by atoms with Gasteiger partial charge in [0.1, 0.15) is 5.03 Å². The number of aromatic nitrogens is 1. The third-order valence-corrected chi connectivity index (χ3v) is 6.02. The van der Waals surface area contributed by atoms with Gasteiger partial charge in [-0.25, -0.2) is 17.7 Å². The molecule has 0 unspecified atom stereocenters. The first-order valence-corrected chi connectivity index (χ1v) is 8.56. The Bertz CT molecular complexity index is 764. The molecule has 0 aliphatic carbocycles. The Morgan fingerprint density at radius 2 is 2.00 bits per heavy atom. The second kappa shape index (κ2) is 6.23. The smallest absolute Gasteiger partial charge is 0.242 e. The number of sulfonamides is 1. The quantitative estimate of drug-likeness (QED) is 0.864. The lowest BCUT2D eigenvalue weighted by Crippen LogP contribution is -2.22. The normalized spacial score (nSPS) is 11.8. The monoisotopic (exact) mass is 343 g/mol. The average molecular weight is 344 g/mol. The van der Waals surface area contributed by atoms with E-state index in [2.05, 4.69) is 4.98 Å². The van der Waals surface area contributed by atoms with Gasteiger partial charge in [-0.3, -0.25) is 0 Å². The van der Waals surface area contributed by atoms with Crippen LogP contribution in [-0.4, -0.2) is 31.8 Å². The second-order valence-electron chi connectivity index (χ2n) is 4.38. The van der Waals surface area contributed by atoms with Gasteiger partial charge in [-0.05, 0) is 30.3 Å². The summed E-state index contributed by atoms with van der Waals surface area (Å²) in [5.74, 6) is 0. The summed E-state index contributed by atoms with van der Waals surface area (Å²) in [6.45, 7) is 0. The fraction of sp³-hybridized carbons (Fsp3) is 0.154. The summed E-state index contributed by atoms with van der Waals surface area (Å²) in [6.07, 6.45) is 1.62. The van der Waals surface area contributed by atoms with Gasteiger partial charge < -0.3 is 5.73 Å². The number of halogens is 1. The van der Waals surface area contributed by atoms with Crippen LogP contribution in [0.15, 0.2) is 51.3 Å². The van der Waals surface area contributed by atoms with Crippen molar-refractivity contribution in [2.45, 2.75) is 14.8 Å². The molecule has 5 nitrogen and oxygen atoms in total. The van der Waals surface area contributed by atoms with E-state index in [1.807, 2.05) is 0 Å². The number of anilines is 1. The second-order valence-corrected chi connectivity index (χ2v) is 7.97. The number of pyridine rings is 1. The number of nitrogens with two attached hydrogens (primary N) is 1. The Kier molecular flexibility index (Phi) is 4.77. The van der Waals surface area contributed by atoms with Crippen molar-refractivity contribution in [3.05, 3.63) is 41.6 Å². The SMILES string of the molecule is CN(C)S(=O)(=O)c1ccc(N)c(Sc2ncccc2Cl)c1. The van der Waals surface area contributed by atoms with Gasteiger partial charge >= 0.3 is 0 Å². The van der Waals surface area contributed by atoms with Crippen molar-refractivity contribution in [1.82, 2.24) is 9.29 Å². The van der Waals surface area contributed by atoms with Gasteiger partial charge in [0, 0.05) is 30.9 Å². The van der Waals surface area contributed by atoms with E-state index in [9.17, 15) is 8.42 Å². The highest BCUT2D eigenvalue weighted by Crippen LogP contribution is 2.36. The standard InChI is InChI=1S/C13H14ClN3O2S2/c1-17(2)21(18,19)9-5-6-11(15)12(8-9)20-13-10(14)4-3-7-16-13/h3-8H,15H2,1-2H3. The van der Waals surface area contributed by atoms with E-state index in [0.29, 0.717) is 20.6 Å². The molecule has 2 rings (SSSR count). The number of nitrogen functional groups attached to an aromatic ring is 1. The molecule has 0 atom stereocenters. The number of hydrogen-bond donors (Lipinski definition) is 1. The van der Waals surface area contributed by atoms with Crippen LogP contribution in [0.1, 0.15) is 0 Å². The van der Waals surface area contributed by atoms with Crippen molar-refractivity contribution in [2.24, 2.45) is 0 Å². The van der Waals surface area contributed by atoms with Gasteiger partial charge in [-0.2, -0.15) is 0 Å². The fourth-order valence-electron chi connectivity index (χ4n) is 1.52. The summed E-state index contributed by atoms with van der Waals surface area (Å²) in [7, 11) is -0.547. The summed E-state index contributed by atoms with van der Waals surface area (Å²) in [5.41, 5.74) is 6.38. The highest BCUT2D eigenvalue weighted by atomic mass is 35.5. The van der Waals surface area contributed by atoms with Gasteiger partial charge in [0.2, 0.25) is 10.0 Å². The third-order valence-electron chi connectivity index (χ3n) is 2.69. The van der Waals surface area contributed by atoms with E-state index >= 15 is 0 Å². The zero-order valence-corrected chi connectivity index (χ0v) is 13.8. The third kappa shape index (κ3) is 3.49. The maximum atomic E-state index is 12.1. The Morgan fingerprint density at radius 3 is 2.62 bits per heavy atom. The van der Waals surface area contributed by atoms with Gasteiger partial charge in [-0.15, -0.1) is 0 Å². The average Bonchev–Trinajstić information content (AvgIpc) is 2.43. The van der Waals surface area contributed by atoms with Crippen LogP contribution in [0.3, 0.4) is 0 Å². The van der Waals surface area contributed by atoms with Crippen LogP contribution in [0.25, 0.3) is 0 Å². The predicted molar refractivity (Wildman–Crippen MR) is 85.1 cm³/mol. The molecule has 0 aliphatic rings. The molecule has 0 radical (unpaired) electrons. The van der Waals surface area contributed by atoms with E-state index < -0.39 is 10.0 Å². The van der Waals surface area contributed by atoms with E-state index in [0.717, 1.165) is 4.31 Å². The lowest BCUT2D eigenvalue weighted by atomic mass is 10.3. The summed E-state index contributed by atoms with van der Waals surface area (Å²) in [6, 6.07) is 8.01. The lowest BCUT2D eigenvalue weighted by Gasteiger charge is -2.13. The van der Waals surface area contributed by atoms with Crippen LogP contribution in [0.2, 0.25) is 5.02 Å². The van der Waals surface area contributed by atoms with Crippen LogP contribution in [0.5, 0.6) is 0 Å². The summed E-state index contributed by atoms with van der Waals surface area (Å²) in [4.78, 5) is 4.93. The summed E-state index contributed by atoms with van der Waals surface area (Å²) < 4.78 is 25.5. The first-order valence-electron chi connectivity index (χ1n) is 5.93. The van der Waals surface area contributed by atoms with Crippen LogP contribution in [0, 0.1) is 0 Å². The number of hydrogen-bond acceptors (Lipinski definition) is 5. The zero-order chi connectivity index (χ0) is 15.6. The van der Waals surface area contributed by atoms with Gasteiger partial charge in [0.15, 0.2) is 0 Å². The summed E-state index contributed by atoms with van der Waals surface area (Å²) in [5, 5.41) is 1.06. The minimum Gasteiger partial charge on any atom is -0.398 e. The topological polar surface area (TPSA) is 76.3 Å². The van der Waals surface area contributed by atoms with E-state index in [1.165, 1.54) is 38.0 Å². The van der Waals surface area contributed by atoms with Gasteiger partial charge in [-0.1, -0.05) is 23.4 Å². The number of rotatable bonds is 4. The molecule has 2 aromatic rings. The first-order chi connectivity index (χ1) is 9.82. The minimum atomic E-state index is -3.51. The largest absolute Gasteiger partial charge is 0.398 e. The van der Waals surface area contributed by atoms with E-state index in [-0.39, 0.29) is 4.90 Å². The molecule has 8 heteroatoms. The molecule has 1 aromatic carbocycles. The first kappa shape index (κ1) is 16.1. The van der Waals surface area contributed by atoms with Crippen molar-refractivity contribution in [2.75, 3.05) is 19.8 Å². The molecule has 0 aliphatic heterocycles. The van der Waals surface area contributed by atoms with Crippen LogP contribution >= 0.6 is 23.4 Å². The van der Waals surface area contributed by atoms with Crippen molar-refractivity contribution in [3.63, 3.8) is 0 Å². The van der Waals surface area contributed by atoms with Crippen molar-refractivity contribution >= 4 is 39.1 Å². The molecule has 112 valence electrons.